The molecule has 0 saturated carbocycles. The molecule has 0 saturated heterocycles. The molecule has 6 nitrogen and oxygen atoms in total. The second kappa shape index (κ2) is 3.23. The molecule has 15 heavy (non-hydrogen) atoms. The average molecular weight is 205 g/mol. The SMILES string of the molecule is Cc1ccc2nc(N)n(CC(N)=O)c2n1. The Morgan fingerprint density at radius 3 is 2.87 bits per heavy atom. The first-order chi connectivity index (χ1) is 7.08. The summed E-state index contributed by atoms with van der Waals surface area (Å²) in [7, 11) is 0. The van der Waals surface area contributed by atoms with Crippen LogP contribution in [-0.2, 0) is 11.3 Å². The Morgan fingerprint density at radius 1 is 1.47 bits per heavy atom. The van der Waals surface area contributed by atoms with Crippen LogP contribution < -0.4 is 11.5 Å². The topological polar surface area (TPSA) is 99.8 Å². The fourth-order valence-corrected chi connectivity index (χ4v) is 1.43. The van der Waals surface area contributed by atoms with Gasteiger partial charge < -0.3 is 11.5 Å². The number of imidazole rings is 1. The van der Waals surface area contributed by atoms with E-state index < -0.39 is 5.91 Å². The van der Waals surface area contributed by atoms with Gasteiger partial charge in [-0.25, -0.2) is 9.97 Å². The van der Waals surface area contributed by atoms with E-state index in [4.69, 9.17) is 11.5 Å². The molecule has 0 atom stereocenters. The summed E-state index contributed by atoms with van der Waals surface area (Å²) in [4.78, 5) is 19.2. The lowest BCUT2D eigenvalue weighted by molar-refractivity contribution is -0.118. The number of nitrogens with zero attached hydrogens (tertiary/aromatic N) is 3. The van der Waals surface area contributed by atoms with Crippen molar-refractivity contribution in [3.8, 4) is 0 Å². The van der Waals surface area contributed by atoms with E-state index in [1.807, 2.05) is 19.1 Å². The highest BCUT2D eigenvalue weighted by Gasteiger charge is 2.10. The van der Waals surface area contributed by atoms with Crippen molar-refractivity contribution in [1.82, 2.24) is 14.5 Å². The summed E-state index contributed by atoms with van der Waals surface area (Å²) in [6, 6.07) is 3.65. The number of carbonyl (C=O) groups excluding carboxylic acids is 1. The Labute approximate surface area is 85.9 Å². The lowest BCUT2D eigenvalue weighted by atomic mass is 10.3. The number of pyridine rings is 1. The van der Waals surface area contributed by atoms with E-state index in [0.29, 0.717) is 11.2 Å². The second-order valence-electron chi connectivity index (χ2n) is 3.32. The summed E-state index contributed by atoms with van der Waals surface area (Å²) in [5.74, 6) is -0.216. The van der Waals surface area contributed by atoms with Crippen molar-refractivity contribution in [2.45, 2.75) is 13.5 Å². The molecule has 0 unspecified atom stereocenters. The van der Waals surface area contributed by atoms with Crippen molar-refractivity contribution in [2.75, 3.05) is 5.73 Å². The van der Waals surface area contributed by atoms with Crippen molar-refractivity contribution in [3.05, 3.63) is 17.8 Å². The molecular weight excluding hydrogens is 194 g/mol. The molecule has 4 N–H and O–H groups in total. The van der Waals surface area contributed by atoms with Crippen LogP contribution in [0.4, 0.5) is 5.95 Å². The first kappa shape index (κ1) is 9.45. The molecule has 1 amide bonds. The van der Waals surface area contributed by atoms with Crippen molar-refractivity contribution in [2.24, 2.45) is 5.73 Å². The molecule has 0 fully saturated rings. The standard InChI is InChI=1S/C9H11N5O/c1-5-2-3-6-8(12-5)14(4-7(10)15)9(11)13-6/h2-3H,4H2,1H3,(H2,10,15)(H2,11,13). The molecule has 0 radical (unpaired) electrons. The van der Waals surface area contributed by atoms with Gasteiger partial charge in [0.05, 0.1) is 0 Å². The highest BCUT2D eigenvalue weighted by Crippen LogP contribution is 2.15. The van der Waals surface area contributed by atoms with Crippen LogP contribution in [0, 0.1) is 6.92 Å². The molecule has 2 rings (SSSR count). The van der Waals surface area contributed by atoms with Gasteiger partial charge in [-0.2, -0.15) is 0 Å². The van der Waals surface area contributed by atoms with Crippen LogP contribution in [0.1, 0.15) is 5.69 Å². The lowest BCUT2D eigenvalue weighted by Gasteiger charge is -2.01. The average Bonchev–Trinajstić information content (AvgIpc) is 2.43. The molecule has 2 heterocycles. The highest BCUT2D eigenvalue weighted by molar-refractivity contribution is 5.79. The minimum Gasteiger partial charge on any atom is -0.369 e. The van der Waals surface area contributed by atoms with Crippen molar-refractivity contribution in [3.63, 3.8) is 0 Å². The third-order valence-electron chi connectivity index (χ3n) is 2.07. The largest absolute Gasteiger partial charge is 0.369 e. The molecule has 78 valence electrons. The number of hydrogen-bond donors (Lipinski definition) is 2. The Morgan fingerprint density at radius 2 is 2.20 bits per heavy atom. The summed E-state index contributed by atoms with van der Waals surface area (Å²) >= 11 is 0. The number of amides is 1. The first-order valence-electron chi connectivity index (χ1n) is 4.45. The molecule has 0 aromatic carbocycles. The number of nitrogen functional groups attached to an aromatic ring is 1. The van der Waals surface area contributed by atoms with E-state index in [0.717, 1.165) is 5.69 Å². The smallest absolute Gasteiger partial charge is 0.237 e. The van der Waals surface area contributed by atoms with Gasteiger partial charge in [-0.3, -0.25) is 9.36 Å². The number of hydrogen-bond acceptors (Lipinski definition) is 4. The van der Waals surface area contributed by atoms with Gasteiger partial charge in [-0.05, 0) is 19.1 Å². The van der Waals surface area contributed by atoms with Gasteiger partial charge in [-0.15, -0.1) is 0 Å². The predicted octanol–water partition coefficient (Wildman–Crippen LogP) is -0.193. The summed E-state index contributed by atoms with van der Waals surface area (Å²) in [6.07, 6.45) is 0. The normalized spacial score (nSPS) is 10.7. The van der Waals surface area contributed by atoms with Crippen molar-refractivity contribution < 1.29 is 4.79 Å². The summed E-state index contributed by atoms with van der Waals surface area (Å²) in [5.41, 5.74) is 12.9. The fraction of sp³-hybridized carbons (Fsp3) is 0.222. The van der Waals surface area contributed by atoms with Gasteiger partial charge in [-0.1, -0.05) is 0 Å². The zero-order chi connectivity index (χ0) is 11.0. The van der Waals surface area contributed by atoms with Crippen LogP contribution >= 0.6 is 0 Å². The van der Waals surface area contributed by atoms with Gasteiger partial charge in [0.15, 0.2) is 5.65 Å². The minimum atomic E-state index is -0.468. The molecule has 0 spiro atoms. The van der Waals surface area contributed by atoms with Crippen LogP contribution in [0.3, 0.4) is 0 Å². The highest BCUT2D eigenvalue weighted by atomic mass is 16.1. The Balaban J connectivity index is 2.65. The Kier molecular flexibility index (Phi) is 2.03. The number of aromatic nitrogens is 3. The molecule has 0 aliphatic rings. The second-order valence-corrected chi connectivity index (χ2v) is 3.32. The number of rotatable bonds is 2. The van der Waals surface area contributed by atoms with Crippen LogP contribution in [0.15, 0.2) is 12.1 Å². The molecule has 2 aromatic heterocycles. The molecule has 2 aromatic rings. The number of primary amides is 1. The van der Waals surface area contributed by atoms with E-state index in [-0.39, 0.29) is 12.5 Å². The third-order valence-corrected chi connectivity index (χ3v) is 2.07. The minimum absolute atomic E-state index is 0.00120. The van der Waals surface area contributed by atoms with E-state index in [9.17, 15) is 4.79 Å². The first-order valence-corrected chi connectivity index (χ1v) is 4.45. The maximum atomic E-state index is 10.8. The maximum Gasteiger partial charge on any atom is 0.237 e. The third kappa shape index (κ3) is 1.61. The monoisotopic (exact) mass is 205 g/mol. The van der Waals surface area contributed by atoms with E-state index in [1.165, 1.54) is 4.57 Å². The summed E-state index contributed by atoms with van der Waals surface area (Å²) in [6.45, 7) is 1.86. The molecule has 6 heteroatoms. The zero-order valence-electron chi connectivity index (χ0n) is 8.27. The van der Waals surface area contributed by atoms with E-state index >= 15 is 0 Å². The van der Waals surface area contributed by atoms with Crippen LogP contribution in [0.5, 0.6) is 0 Å². The van der Waals surface area contributed by atoms with Gasteiger partial charge >= 0.3 is 0 Å². The number of carbonyl (C=O) groups is 1. The van der Waals surface area contributed by atoms with E-state index in [1.54, 1.807) is 0 Å². The molecule has 0 bridgehead atoms. The molecule has 0 aliphatic carbocycles. The van der Waals surface area contributed by atoms with Gasteiger partial charge in [0.25, 0.3) is 0 Å². The Hall–Kier alpha value is -2.11. The number of aryl methyl sites for hydroxylation is 1. The van der Waals surface area contributed by atoms with Gasteiger partial charge in [0.1, 0.15) is 12.1 Å². The molecule has 0 aliphatic heterocycles. The van der Waals surface area contributed by atoms with Gasteiger partial charge in [0, 0.05) is 5.69 Å². The Bertz CT molecular complexity index is 531. The number of anilines is 1. The zero-order valence-corrected chi connectivity index (χ0v) is 8.27. The lowest BCUT2D eigenvalue weighted by Crippen LogP contribution is -2.20. The quantitative estimate of drug-likeness (QED) is 0.709. The van der Waals surface area contributed by atoms with Crippen LogP contribution in [0.2, 0.25) is 0 Å². The van der Waals surface area contributed by atoms with E-state index in [2.05, 4.69) is 9.97 Å². The van der Waals surface area contributed by atoms with Crippen LogP contribution in [-0.4, -0.2) is 20.4 Å². The fourth-order valence-electron chi connectivity index (χ4n) is 1.43. The van der Waals surface area contributed by atoms with Gasteiger partial charge in [0.2, 0.25) is 11.9 Å². The molecular formula is C9H11N5O. The summed E-state index contributed by atoms with van der Waals surface area (Å²) < 4.78 is 1.50. The van der Waals surface area contributed by atoms with Crippen molar-refractivity contribution in [1.29, 1.82) is 0 Å². The van der Waals surface area contributed by atoms with Crippen LogP contribution in [0.25, 0.3) is 11.2 Å². The number of fused-ring (bicyclic) bond motifs is 1. The van der Waals surface area contributed by atoms with Crippen molar-refractivity contribution >= 4 is 23.0 Å². The summed E-state index contributed by atoms with van der Waals surface area (Å²) in [5, 5.41) is 0. The maximum absolute atomic E-state index is 10.8. The number of nitrogens with two attached hydrogens (primary N) is 2. The predicted molar refractivity (Wildman–Crippen MR) is 55.9 cm³/mol.